The van der Waals surface area contributed by atoms with Gasteiger partial charge in [0, 0.05) is 28.3 Å². The van der Waals surface area contributed by atoms with Crippen LogP contribution in [0.25, 0.3) is 0 Å². The number of hydrogen-bond acceptors (Lipinski definition) is 3. The van der Waals surface area contributed by atoms with Crippen LogP contribution >= 0.6 is 0 Å². The maximum Gasteiger partial charge on any atom is 0.214 e. The van der Waals surface area contributed by atoms with E-state index in [-0.39, 0.29) is 6.04 Å². The van der Waals surface area contributed by atoms with E-state index in [4.69, 9.17) is 0 Å². The van der Waals surface area contributed by atoms with E-state index in [1.807, 2.05) is 0 Å². The van der Waals surface area contributed by atoms with Gasteiger partial charge in [-0.2, -0.15) is 0 Å². The Morgan fingerprint density at radius 1 is 1.29 bits per heavy atom. The Hall–Kier alpha value is 0.0600. The van der Waals surface area contributed by atoms with Crippen LogP contribution in [0.2, 0.25) is 0 Å². The Kier molecular flexibility index (Phi) is 4.09. The molecule has 0 aromatic carbocycles. The summed E-state index contributed by atoms with van der Waals surface area (Å²) in [7, 11) is -3.90. The van der Waals surface area contributed by atoms with Crippen LogP contribution in [-0.2, 0) is 20.8 Å². The first-order chi connectivity index (χ1) is 6.42. The highest BCUT2D eigenvalue weighted by atomic mass is 32.2. The predicted octanol–water partition coefficient (Wildman–Crippen LogP) is 0.225. The molecule has 0 bridgehead atoms. The van der Waals surface area contributed by atoms with Gasteiger partial charge in [0.1, 0.15) is 0 Å². The first-order valence-corrected chi connectivity index (χ1v) is 7.81. The summed E-state index contributed by atoms with van der Waals surface area (Å²) < 4.78 is 36.7. The molecule has 0 saturated carbocycles. The SMILES string of the molecule is CC(C)S(=O)(=O)NC1CCS(=O)CC1. The summed E-state index contributed by atoms with van der Waals surface area (Å²) in [4.78, 5) is 0. The molecule has 6 heteroatoms. The van der Waals surface area contributed by atoms with Gasteiger partial charge in [-0.15, -0.1) is 0 Å². The standard InChI is InChI=1S/C8H17NO3S2/c1-7(2)14(11,12)9-8-3-5-13(10)6-4-8/h7-9H,3-6H2,1-2H3. The van der Waals surface area contributed by atoms with Crippen molar-refractivity contribution in [1.29, 1.82) is 0 Å². The van der Waals surface area contributed by atoms with Crippen molar-refractivity contribution >= 4 is 20.8 Å². The van der Waals surface area contributed by atoms with Gasteiger partial charge in [-0.3, -0.25) is 4.21 Å². The maximum absolute atomic E-state index is 11.5. The molecule has 0 spiro atoms. The fraction of sp³-hybridized carbons (Fsp3) is 1.00. The Balaban J connectivity index is 2.50. The van der Waals surface area contributed by atoms with E-state index >= 15 is 0 Å². The molecule has 1 fully saturated rings. The first kappa shape index (κ1) is 12.1. The van der Waals surface area contributed by atoms with Gasteiger partial charge in [-0.25, -0.2) is 13.1 Å². The molecule has 0 aromatic rings. The van der Waals surface area contributed by atoms with Crippen LogP contribution in [-0.4, -0.2) is 35.4 Å². The van der Waals surface area contributed by atoms with Gasteiger partial charge in [0.15, 0.2) is 0 Å². The van der Waals surface area contributed by atoms with Gasteiger partial charge in [0.25, 0.3) is 0 Å². The summed E-state index contributed by atoms with van der Waals surface area (Å²) in [6.07, 6.45) is 1.39. The van der Waals surface area contributed by atoms with Crippen molar-refractivity contribution in [2.75, 3.05) is 11.5 Å². The van der Waals surface area contributed by atoms with Crippen LogP contribution in [0.1, 0.15) is 26.7 Å². The zero-order valence-electron chi connectivity index (χ0n) is 8.52. The van der Waals surface area contributed by atoms with Crippen LogP contribution in [0.5, 0.6) is 0 Å². The zero-order chi connectivity index (χ0) is 10.8. The van der Waals surface area contributed by atoms with Crippen molar-refractivity contribution in [2.45, 2.75) is 38.0 Å². The molecule has 1 aliphatic rings. The lowest BCUT2D eigenvalue weighted by Gasteiger charge is -2.23. The molecule has 14 heavy (non-hydrogen) atoms. The lowest BCUT2D eigenvalue weighted by atomic mass is 10.2. The van der Waals surface area contributed by atoms with E-state index < -0.39 is 26.1 Å². The van der Waals surface area contributed by atoms with E-state index in [0.717, 1.165) is 0 Å². The summed E-state index contributed by atoms with van der Waals surface area (Å²) in [5.41, 5.74) is 0. The second-order valence-electron chi connectivity index (χ2n) is 3.83. The molecule has 0 unspecified atom stereocenters. The fourth-order valence-corrected chi connectivity index (χ4v) is 3.55. The third kappa shape index (κ3) is 3.33. The molecule has 1 aliphatic heterocycles. The minimum atomic E-state index is -3.16. The third-order valence-electron chi connectivity index (χ3n) is 2.34. The Morgan fingerprint density at radius 3 is 2.21 bits per heavy atom. The Bertz CT molecular complexity index is 301. The molecule has 0 radical (unpaired) electrons. The second-order valence-corrected chi connectivity index (χ2v) is 7.80. The summed E-state index contributed by atoms with van der Waals surface area (Å²) in [5, 5.41) is -0.394. The summed E-state index contributed by atoms with van der Waals surface area (Å²) in [6, 6.07) is -0.0138. The van der Waals surface area contributed by atoms with E-state index in [2.05, 4.69) is 4.72 Å². The molecule has 1 saturated heterocycles. The number of sulfonamides is 1. The normalized spacial score (nSPS) is 29.4. The van der Waals surface area contributed by atoms with Crippen molar-refractivity contribution in [1.82, 2.24) is 4.72 Å². The average molecular weight is 239 g/mol. The highest BCUT2D eigenvalue weighted by Crippen LogP contribution is 2.11. The van der Waals surface area contributed by atoms with E-state index in [0.29, 0.717) is 24.3 Å². The summed E-state index contributed by atoms with van der Waals surface area (Å²) >= 11 is 0. The van der Waals surface area contributed by atoms with Crippen LogP contribution < -0.4 is 4.72 Å². The first-order valence-electron chi connectivity index (χ1n) is 4.78. The smallest absolute Gasteiger partial charge is 0.214 e. The van der Waals surface area contributed by atoms with Gasteiger partial charge < -0.3 is 0 Å². The van der Waals surface area contributed by atoms with Crippen molar-refractivity contribution in [2.24, 2.45) is 0 Å². The van der Waals surface area contributed by atoms with E-state index in [1.165, 1.54) is 0 Å². The number of rotatable bonds is 3. The zero-order valence-corrected chi connectivity index (χ0v) is 10.2. The van der Waals surface area contributed by atoms with Crippen molar-refractivity contribution < 1.29 is 12.6 Å². The van der Waals surface area contributed by atoms with E-state index in [9.17, 15) is 12.6 Å². The van der Waals surface area contributed by atoms with E-state index in [1.54, 1.807) is 13.8 Å². The minimum absolute atomic E-state index is 0.0138. The van der Waals surface area contributed by atoms with Crippen LogP contribution in [0.15, 0.2) is 0 Å². The Morgan fingerprint density at radius 2 is 1.79 bits per heavy atom. The molecule has 1 N–H and O–H groups in total. The molecular formula is C8H17NO3S2. The van der Waals surface area contributed by atoms with Gasteiger partial charge >= 0.3 is 0 Å². The molecular weight excluding hydrogens is 222 g/mol. The van der Waals surface area contributed by atoms with Gasteiger partial charge in [0.2, 0.25) is 10.0 Å². The molecule has 0 atom stereocenters. The highest BCUT2D eigenvalue weighted by molar-refractivity contribution is 7.90. The van der Waals surface area contributed by atoms with Gasteiger partial charge in [0.05, 0.1) is 5.25 Å². The van der Waals surface area contributed by atoms with Crippen LogP contribution in [0.4, 0.5) is 0 Å². The van der Waals surface area contributed by atoms with Crippen molar-refractivity contribution in [3.63, 3.8) is 0 Å². The molecule has 84 valence electrons. The molecule has 0 aromatic heterocycles. The topological polar surface area (TPSA) is 63.2 Å². The van der Waals surface area contributed by atoms with Gasteiger partial charge in [-0.1, -0.05) is 0 Å². The highest BCUT2D eigenvalue weighted by Gasteiger charge is 2.24. The Labute approximate surface area is 88.0 Å². The lowest BCUT2D eigenvalue weighted by molar-refractivity contribution is 0.516. The predicted molar refractivity (Wildman–Crippen MR) is 58.1 cm³/mol. The summed E-state index contributed by atoms with van der Waals surface area (Å²) in [5.74, 6) is 1.23. The number of hydrogen-bond donors (Lipinski definition) is 1. The number of nitrogens with one attached hydrogen (secondary N) is 1. The molecule has 0 aliphatic carbocycles. The maximum atomic E-state index is 11.5. The lowest BCUT2D eigenvalue weighted by Crippen LogP contribution is -2.42. The van der Waals surface area contributed by atoms with Gasteiger partial charge in [-0.05, 0) is 26.7 Å². The average Bonchev–Trinajstić information content (AvgIpc) is 2.08. The minimum Gasteiger partial charge on any atom is -0.260 e. The largest absolute Gasteiger partial charge is 0.260 e. The quantitative estimate of drug-likeness (QED) is 0.766. The molecule has 1 rings (SSSR count). The third-order valence-corrected chi connectivity index (χ3v) is 5.62. The fourth-order valence-electron chi connectivity index (χ4n) is 1.28. The van der Waals surface area contributed by atoms with Crippen molar-refractivity contribution in [3.8, 4) is 0 Å². The van der Waals surface area contributed by atoms with Crippen molar-refractivity contribution in [3.05, 3.63) is 0 Å². The molecule has 1 heterocycles. The monoisotopic (exact) mass is 239 g/mol. The van der Waals surface area contributed by atoms with Crippen LogP contribution in [0, 0.1) is 0 Å². The second kappa shape index (κ2) is 4.72. The van der Waals surface area contributed by atoms with Crippen LogP contribution in [0.3, 0.4) is 0 Å². The summed E-state index contributed by atoms with van der Waals surface area (Å²) in [6.45, 7) is 3.31. The molecule has 4 nitrogen and oxygen atoms in total. The molecule has 0 amide bonds.